The molecule has 0 bridgehead atoms. The van der Waals surface area contributed by atoms with Crippen molar-refractivity contribution in [3.05, 3.63) is 24.0 Å². The molecule has 4 N–H and O–H groups in total. The molecule has 0 unspecified atom stereocenters. The molecule has 0 radical (unpaired) electrons. The van der Waals surface area contributed by atoms with Gasteiger partial charge in [0.05, 0.1) is 11.4 Å². The molecule has 0 aliphatic heterocycles. The summed E-state index contributed by atoms with van der Waals surface area (Å²) in [6.07, 6.45) is 1.58. The molecule has 4 heteroatoms. The summed E-state index contributed by atoms with van der Waals surface area (Å²) < 4.78 is 12.9. The van der Waals surface area contributed by atoms with E-state index in [2.05, 4.69) is 5.32 Å². The van der Waals surface area contributed by atoms with Gasteiger partial charge in [-0.3, -0.25) is 0 Å². The Bertz CT molecular complexity index is 291. The predicted octanol–water partition coefficient (Wildman–Crippen LogP) is 1.59. The number of hydrogen-bond donors (Lipinski definition) is 3. The molecule has 0 aliphatic carbocycles. The lowest BCUT2D eigenvalue weighted by atomic mass is 10.2. The first-order chi connectivity index (χ1) is 6.75. The van der Waals surface area contributed by atoms with Crippen molar-refractivity contribution in [3.63, 3.8) is 0 Å². The monoisotopic (exact) mass is 198 g/mol. The maximum Gasteiger partial charge on any atom is 0.148 e. The number of unbranched alkanes of at least 4 members (excludes halogenated alkanes) is 1. The molecule has 0 heterocycles. The van der Waals surface area contributed by atoms with E-state index >= 15 is 0 Å². The van der Waals surface area contributed by atoms with E-state index in [1.54, 1.807) is 12.1 Å². The van der Waals surface area contributed by atoms with Gasteiger partial charge in [-0.1, -0.05) is 6.07 Å². The van der Waals surface area contributed by atoms with E-state index in [1.165, 1.54) is 6.07 Å². The third-order valence-corrected chi connectivity index (χ3v) is 1.95. The Balaban J connectivity index is 2.46. The maximum absolute atomic E-state index is 12.9. The summed E-state index contributed by atoms with van der Waals surface area (Å²) in [6, 6.07) is 4.67. The van der Waals surface area contributed by atoms with Crippen LogP contribution in [0, 0.1) is 5.82 Å². The van der Waals surface area contributed by atoms with Crippen LogP contribution in [0.3, 0.4) is 0 Å². The van der Waals surface area contributed by atoms with Crippen LogP contribution in [0.15, 0.2) is 18.2 Å². The van der Waals surface area contributed by atoms with Crippen LogP contribution in [0.2, 0.25) is 0 Å². The molecule has 14 heavy (non-hydrogen) atoms. The zero-order valence-electron chi connectivity index (χ0n) is 7.96. The van der Waals surface area contributed by atoms with Gasteiger partial charge in [0.1, 0.15) is 5.82 Å². The van der Waals surface area contributed by atoms with Crippen molar-refractivity contribution < 1.29 is 9.50 Å². The van der Waals surface area contributed by atoms with E-state index in [4.69, 9.17) is 10.8 Å². The summed E-state index contributed by atoms with van der Waals surface area (Å²) in [5.41, 5.74) is 6.27. The zero-order chi connectivity index (χ0) is 10.4. The average Bonchev–Trinajstić information content (AvgIpc) is 2.19. The molecule has 3 nitrogen and oxygen atoms in total. The first-order valence-electron chi connectivity index (χ1n) is 4.64. The minimum absolute atomic E-state index is 0.150. The van der Waals surface area contributed by atoms with Crippen molar-refractivity contribution in [2.45, 2.75) is 12.8 Å². The van der Waals surface area contributed by atoms with Crippen molar-refractivity contribution in [2.75, 3.05) is 24.2 Å². The molecule has 1 rings (SSSR count). The quantitative estimate of drug-likeness (QED) is 0.497. The number of halogens is 1. The second-order valence-corrected chi connectivity index (χ2v) is 3.06. The Labute approximate surface area is 82.7 Å². The van der Waals surface area contributed by atoms with Crippen LogP contribution in [0.1, 0.15) is 12.8 Å². The average molecular weight is 198 g/mol. The SMILES string of the molecule is Nc1c(F)cccc1NCCCCO. The highest BCUT2D eigenvalue weighted by molar-refractivity contribution is 5.66. The standard InChI is InChI=1S/C10H15FN2O/c11-8-4-3-5-9(10(8)12)13-6-1-2-7-14/h3-5,13-14H,1-2,6-7,12H2. The van der Waals surface area contributed by atoms with Crippen LogP contribution in [0.5, 0.6) is 0 Å². The summed E-state index contributed by atoms with van der Waals surface area (Å²) in [4.78, 5) is 0. The fourth-order valence-corrected chi connectivity index (χ4v) is 1.15. The normalized spacial score (nSPS) is 10.1. The number of aliphatic hydroxyl groups is 1. The first kappa shape index (κ1) is 10.8. The number of nitrogens with one attached hydrogen (secondary N) is 1. The van der Waals surface area contributed by atoms with E-state index in [0.29, 0.717) is 12.2 Å². The minimum atomic E-state index is -0.405. The van der Waals surface area contributed by atoms with Gasteiger partial charge in [-0.15, -0.1) is 0 Å². The summed E-state index contributed by atoms with van der Waals surface area (Å²) in [5.74, 6) is -0.405. The Morgan fingerprint density at radius 1 is 1.36 bits per heavy atom. The molecule has 0 saturated carbocycles. The number of nitrogen functional groups attached to an aromatic ring is 1. The number of aliphatic hydroxyl groups excluding tert-OH is 1. The lowest BCUT2D eigenvalue weighted by Crippen LogP contribution is -2.05. The summed E-state index contributed by atoms with van der Waals surface area (Å²) in [7, 11) is 0. The number of nitrogens with two attached hydrogens (primary N) is 1. The van der Waals surface area contributed by atoms with E-state index in [0.717, 1.165) is 12.8 Å². The highest BCUT2D eigenvalue weighted by Crippen LogP contribution is 2.20. The Morgan fingerprint density at radius 3 is 2.86 bits per heavy atom. The Kier molecular flexibility index (Phi) is 4.19. The summed E-state index contributed by atoms with van der Waals surface area (Å²) in [6.45, 7) is 0.870. The van der Waals surface area contributed by atoms with Gasteiger partial charge in [0.15, 0.2) is 0 Å². The summed E-state index contributed by atoms with van der Waals surface area (Å²) in [5, 5.41) is 11.6. The second kappa shape index (κ2) is 5.44. The van der Waals surface area contributed by atoms with Crippen LogP contribution < -0.4 is 11.1 Å². The highest BCUT2D eigenvalue weighted by atomic mass is 19.1. The van der Waals surface area contributed by atoms with Gasteiger partial charge < -0.3 is 16.2 Å². The van der Waals surface area contributed by atoms with Crippen LogP contribution in [0.4, 0.5) is 15.8 Å². The smallest absolute Gasteiger partial charge is 0.148 e. The van der Waals surface area contributed by atoms with Gasteiger partial charge in [0.2, 0.25) is 0 Å². The molecule has 0 saturated heterocycles. The lowest BCUT2D eigenvalue weighted by Gasteiger charge is -2.08. The van der Waals surface area contributed by atoms with Gasteiger partial charge in [-0.25, -0.2) is 4.39 Å². The number of para-hydroxylation sites is 1. The Hall–Kier alpha value is -1.29. The number of anilines is 2. The van der Waals surface area contributed by atoms with E-state index in [-0.39, 0.29) is 12.3 Å². The molecular formula is C10H15FN2O. The van der Waals surface area contributed by atoms with E-state index < -0.39 is 5.82 Å². The van der Waals surface area contributed by atoms with Gasteiger partial charge in [0, 0.05) is 13.2 Å². The lowest BCUT2D eigenvalue weighted by molar-refractivity contribution is 0.286. The van der Waals surface area contributed by atoms with Crippen LogP contribution in [-0.4, -0.2) is 18.3 Å². The molecule has 0 atom stereocenters. The van der Waals surface area contributed by atoms with Crippen molar-refractivity contribution in [3.8, 4) is 0 Å². The zero-order valence-corrected chi connectivity index (χ0v) is 7.96. The molecule has 0 fully saturated rings. The van der Waals surface area contributed by atoms with E-state index in [1.807, 2.05) is 0 Å². The molecule has 1 aromatic carbocycles. The molecule has 1 aromatic rings. The predicted molar refractivity (Wildman–Crippen MR) is 55.6 cm³/mol. The number of benzene rings is 1. The highest BCUT2D eigenvalue weighted by Gasteiger charge is 2.02. The number of hydrogen-bond acceptors (Lipinski definition) is 3. The van der Waals surface area contributed by atoms with Gasteiger partial charge in [0.25, 0.3) is 0 Å². The van der Waals surface area contributed by atoms with E-state index in [9.17, 15) is 4.39 Å². The van der Waals surface area contributed by atoms with Crippen LogP contribution in [0.25, 0.3) is 0 Å². The maximum atomic E-state index is 12.9. The fourth-order valence-electron chi connectivity index (χ4n) is 1.15. The van der Waals surface area contributed by atoms with Crippen molar-refractivity contribution in [1.29, 1.82) is 0 Å². The molecule has 78 valence electrons. The third-order valence-electron chi connectivity index (χ3n) is 1.95. The second-order valence-electron chi connectivity index (χ2n) is 3.06. The molecule has 0 amide bonds. The number of rotatable bonds is 5. The molecular weight excluding hydrogens is 183 g/mol. The fraction of sp³-hybridized carbons (Fsp3) is 0.400. The first-order valence-corrected chi connectivity index (χ1v) is 4.64. The van der Waals surface area contributed by atoms with Crippen molar-refractivity contribution in [1.82, 2.24) is 0 Å². The third kappa shape index (κ3) is 2.88. The van der Waals surface area contributed by atoms with Crippen molar-refractivity contribution >= 4 is 11.4 Å². The molecule has 0 aromatic heterocycles. The largest absolute Gasteiger partial charge is 0.396 e. The van der Waals surface area contributed by atoms with Gasteiger partial charge in [-0.2, -0.15) is 0 Å². The topological polar surface area (TPSA) is 58.3 Å². The Morgan fingerprint density at radius 2 is 2.14 bits per heavy atom. The van der Waals surface area contributed by atoms with Crippen molar-refractivity contribution in [2.24, 2.45) is 0 Å². The summed E-state index contributed by atoms with van der Waals surface area (Å²) >= 11 is 0. The minimum Gasteiger partial charge on any atom is -0.396 e. The van der Waals surface area contributed by atoms with Gasteiger partial charge in [-0.05, 0) is 25.0 Å². The molecule has 0 spiro atoms. The van der Waals surface area contributed by atoms with Crippen LogP contribution >= 0.6 is 0 Å². The molecule has 0 aliphatic rings. The van der Waals surface area contributed by atoms with Crippen LogP contribution in [-0.2, 0) is 0 Å². The van der Waals surface area contributed by atoms with Gasteiger partial charge >= 0.3 is 0 Å².